The van der Waals surface area contributed by atoms with Crippen molar-refractivity contribution in [1.29, 1.82) is 0 Å². The molecule has 1 aromatic heterocycles. The first kappa shape index (κ1) is 13.1. The van der Waals surface area contributed by atoms with Crippen LogP contribution < -0.4 is 0 Å². The molecule has 1 unspecified atom stereocenters. The van der Waals surface area contributed by atoms with Gasteiger partial charge < -0.3 is 9.63 Å². The largest absolute Gasteiger partial charge is 0.480 e. The quantitative estimate of drug-likeness (QED) is 0.932. The minimum Gasteiger partial charge on any atom is -0.480 e. The van der Waals surface area contributed by atoms with E-state index in [1.165, 1.54) is 12.8 Å². The molecule has 0 amide bonds. The first-order valence-electron chi connectivity index (χ1n) is 7.08. The Balaban J connectivity index is 1.99. The zero-order valence-electron chi connectivity index (χ0n) is 11.3. The highest BCUT2D eigenvalue weighted by Gasteiger charge is 2.32. The van der Waals surface area contributed by atoms with Crippen molar-refractivity contribution < 1.29 is 14.4 Å². The van der Waals surface area contributed by atoms with Crippen molar-refractivity contribution in [2.24, 2.45) is 0 Å². The van der Waals surface area contributed by atoms with Crippen LogP contribution in [-0.4, -0.2) is 34.2 Å². The van der Waals surface area contributed by atoms with Gasteiger partial charge in [-0.1, -0.05) is 30.1 Å². The van der Waals surface area contributed by atoms with Gasteiger partial charge in [-0.05, 0) is 38.1 Å². The molecule has 3 rings (SSSR count). The lowest BCUT2D eigenvalue weighted by molar-refractivity contribution is -0.143. The van der Waals surface area contributed by atoms with Gasteiger partial charge in [0.15, 0.2) is 11.6 Å². The van der Waals surface area contributed by atoms with Gasteiger partial charge in [-0.3, -0.25) is 9.69 Å². The number of para-hydroxylation sites is 1. The number of likely N-dealkylation sites (tertiary alicyclic amines) is 1. The van der Waals surface area contributed by atoms with E-state index in [9.17, 15) is 9.90 Å². The third kappa shape index (κ3) is 2.41. The summed E-state index contributed by atoms with van der Waals surface area (Å²) < 4.78 is 5.26. The lowest BCUT2D eigenvalue weighted by Crippen LogP contribution is -2.35. The number of carboxylic acids is 1. The van der Waals surface area contributed by atoms with Gasteiger partial charge in [0, 0.05) is 5.39 Å². The molecule has 20 heavy (non-hydrogen) atoms. The van der Waals surface area contributed by atoms with E-state index in [0.717, 1.165) is 31.3 Å². The summed E-state index contributed by atoms with van der Waals surface area (Å²) in [6, 6.07) is 6.71. The van der Waals surface area contributed by atoms with E-state index in [4.69, 9.17) is 4.52 Å². The van der Waals surface area contributed by atoms with Gasteiger partial charge in [0.25, 0.3) is 0 Å². The van der Waals surface area contributed by atoms with Crippen LogP contribution in [0.15, 0.2) is 28.8 Å². The molecule has 2 aromatic rings. The van der Waals surface area contributed by atoms with Crippen molar-refractivity contribution in [2.45, 2.75) is 31.7 Å². The fraction of sp³-hybridized carbons (Fsp3) is 0.467. The van der Waals surface area contributed by atoms with Crippen molar-refractivity contribution in [2.75, 3.05) is 13.1 Å². The minimum atomic E-state index is -0.856. The Labute approximate surface area is 117 Å². The van der Waals surface area contributed by atoms with Crippen molar-refractivity contribution in [3.63, 3.8) is 0 Å². The Hall–Kier alpha value is -1.88. The van der Waals surface area contributed by atoms with E-state index in [-0.39, 0.29) is 0 Å². The summed E-state index contributed by atoms with van der Waals surface area (Å²) >= 11 is 0. The van der Waals surface area contributed by atoms with Crippen LogP contribution in [0.25, 0.3) is 11.0 Å². The lowest BCUT2D eigenvalue weighted by atomic mass is 10.1. The third-order valence-corrected chi connectivity index (χ3v) is 3.90. The standard InChI is InChI=1S/C15H18N2O3/c18-15(19)14(17-9-5-1-2-6-10-17)13-11-7-3-4-8-12(11)20-16-13/h3-4,7-8,14H,1-2,5-6,9-10H2,(H,18,19). The molecule has 1 aliphatic rings. The Morgan fingerprint density at radius 3 is 2.60 bits per heavy atom. The van der Waals surface area contributed by atoms with Gasteiger partial charge in [-0.25, -0.2) is 0 Å². The zero-order chi connectivity index (χ0) is 13.9. The molecule has 0 radical (unpaired) electrons. The van der Waals surface area contributed by atoms with E-state index in [0.29, 0.717) is 11.3 Å². The van der Waals surface area contributed by atoms with E-state index >= 15 is 0 Å². The number of aromatic nitrogens is 1. The number of benzene rings is 1. The first-order valence-corrected chi connectivity index (χ1v) is 7.08. The van der Waals surface area contributed by atoms with Gasteiger partial charge in [-0.2, -0.15) is 0 Å². The number of aliphatic carboxylic acids is 1. The second kappa shape index (κ2) is 5.63. The average molecular weight is 274 g/mol. The number of fused-ring (bicyclic) bond motifs is 1. The average Bonchev–Trinajstić information content (AvgIpc) is 2.68. The summed E-state index contributed by atoms with van der Waals surface area (Å²) in [7, 11) is 0. The molecule has 1 aliphatic heterocycles. The summed E-state index contributed by atoms with van der Waals surface area (Å²) in [5.41, 5.74) is 1.17. The van der Waals surface area contributed by atoms with Gasteiger partial charge in [0.05, 0.1) is 0 Å². The molecular weight excluding hydrogens is 256 g/mol. The summed E-state index contributed by atoms with van der Waals surface area (Å²) in [6.45, 7) is 1.61. The Morgan fingerprint density at radius 1 is 1.20 bits per heavy atom. The van der Waals surface area contributed by atoms with Crippen LogP contribution in [0.4, 0.5) is 0 Å². The molecular formula is C15H18N2O3. The molecule has 106 valence electrons. The molecule has 2 heterocycles. The van der Waals surface area contributed by atoms with Crippen LogP contribution in [0.1, 0.15) is 37.4 Å². The summed E-state index contributed by atoms with van der Waals surface area (Å²) in [5.74, 6) is -0.856. The van der Waals surface area contributed by atoms with Crippen LogP contribution in [0.2, 0.25) is 0 Å². The highest BCUT2D eigenvalue weighted by Crippen LogP contribution is 2.29. The second-order valence-electron chi connectivity index (χ2n) is 5.25. The molecule has 5 nitrogen and oxygen atoms in total. The van der Waals surface area contributed by atoms with Crippen LogP contribution in [0, 0.1) is 0 Å². The minimum absolute atomic E-state index is 0.523. The van der Waals surface area contributed by atoms with E-state index in [2.05, 4.69) is 5.16 Å². The highest BCUT2D eigenvalue weighted by molar-refractivity contribution is 5.86. The number of carboxylic acid groups (broad SMARTS) is 1. The predicted octanol–water partition coefficient (Wildman–Crippen LogP) is 2.83. The fourth-order valence-electron chi connectivity index (χ4n) is 2.90. The number of hydrogen-bond donors (Lipinski definition) is 1. The number of hydrogen-bond acceptors (Lipinski definition) is 4. The number of carbonyl (C=O) groups is 1. The van der Waals surface area contributed by atoms with E-state index < -0.39 is 12.0 Å². The first-order chi connectivity index (χ1) is 9.77. The molecule has 1 aromatic carbocycles. The maximum atomic E-state index is 11.7. The van der Waals surface area contributed by atoms with E-state index in [1.807, 2.05) is 29.2 Å². The van der Waals surface area contributed by atoms with Gasteiger partial charge in [-0.15, -0.1) is 0 Å². The Bertz CT molecular complexity index is 600. The van der Waals surface area contributed by atoms with Crippen LogP contribution in [0.3, 0.4) is 0 Å². The number of rotatable bonds is 3. The van der Waals surface area contributed by atoms with Crippen LogP contribution in [0.5, 0.6) is 0 Å². The fourth-order valence-corrected chi connectivity index (χ4v) is 2.90. The Kier molecular flexibility index (Phi) is 3.69. The molecule has 0 spiro atoms. The molecule has 1 N–H and O–H groups in total. The van der Waals surface area contributed by atoms with Gasteiger partial charge in [0.2, 0.25) is 0 Å². The molecule has 1 saturated heterocycles. The molecule has 0 aliphatic carbocycles. The van der Waals surface area contributed by atoms with Crippen LogP contribution >= 0.6 is 0 Å². The maximum Gasteiger partial charge on any atom is 0.327 e. The van der Waals surface area contributed by atoms with Crippen molar-refractivity contribution in [3.05, 3.63) is 30.0 Å². The zero-order valence-corrected chi connectivity index (χ0v) is 11.3. The van der Waals surface area contributed by atoms with Gasteiger partial charge in [0.1, 0.15) is 5.69 Å². The van der Waals surface area contributed by atoms with Gasteiger partial charge >= 0.3 is 5.97 Å². The monoisotopic (exact) mass is 274 g/mol. The Morgan fingerprint density at radius 2 is 1.90 bits per heavy atom. The SMILES string of the molecule is O=C(O)C(c1noc2ccccc12)N1CCCCCC1. The number of nitrogens with zero attached hydrogens (tertiary/aromatic N) is 2. The maximum absolute atomic E-state index is 11.7. The van der Waals surface area contributed by atoms with Crippen LogP contribution in [-0.2, 0) is 4.79 Å². The normalized spacial score (nSPS) is 18.8. The van der Waals surface area contributed by atoms with E-state index in [1.54, 1.807) is 0 Å². The summed E-state index contributed by atoms with van der Waals surface area (Å²) in [5, 5.41) is 14.4. The van der Waals surface area contributed by atoms with Crippen molar-refractivity contribution in [3.8, 4) is 0 Å². The molecule has 1 fully saturated rings. The van der Waals surface area contributed by atoms with Crippen molar-refractivity contribution in [1.82, 2.24) is 10.1 Å². The third-order valence-electron chi connectivity index (χ3n) is 3.90. The lowest BCUT2D eigenvalue weighted by Gasteiger charge is -2.25. The highest BCUT2D eigenvalue weighted by atomic mass is 16.5. The molecule has 0 saturated carbocycles. The second-order valence-corrected chi connectivity index (χ2v) is 5.25. The summed E-state index contributed by atoms with van der Waals surface area (Å²) in [4.78, 5) is 13.7. The topological polar surface area (TPSA) is 66.6 Å². The van der Waals surface area contributed by atoms with Crippen molar-refractivity contribution >= 4 is 16.9 Å². The molecule has 0 bridgehead atoms. The predicted molar refractivity (Wildman–Crippen MR) is 74.4 cm³/mol. The summed E-state index contributed by atoms with van der Waals surface area (Å²) in [6.07, 6.45) is 4.42. The molecule has 1 atom stereocenters. The molecule has 5 heteroatoms. The smallest absolute Gasteiger partial charge is 0.327 e.